The van der Waals surface area contributed by atoms with Crippen molar-refractivity contribution in [3.05, 3.63) is 60.3 Å². The maximum absolute atomic E-state index is 5.87. The molecular weight excluding hydrogens is 393 g/mol. The number of halogens is 2. The van der Waals surface area contributed by atoms with E-state index < -0.39 is 0 Å². The predicted molar refractivity (Wildman–Crippen MR) is 121 cm³/mol. The highest BCUT2D eigenvalue weighted by Crippen LogP contribution is 2.30. The molecule has 0 aliphatic carbocycles. The molecule has 4 rings (SSSR count). The number of aromatic nitrogens is 3. The second kappa shape index (κ2) is 9.34. The lowest BCUT2D eigenvalue weighted by Crippen LogP contribution is -2.24. The number of nitrogens with two attached hydrogens (primary N) is 1. The van der Waals surface area contributed by atoms with Gasteiger partial charge in [-0.05, 0) is 45.3 Å². The Bertz CT molecular complexity index is 1030. The Morgan fingerprint density at radius 2 is 1.71 bits per heavy atom. The number of para-hydroxylation sites is 2. The molecule has 0 amide bonds. The van der Waals surface area contributed by atoms with Gasteiger partial charge in [0.25, 0.3) is 0 Å². The van der Waals surface area contributed by atoms with Crippen molar-refractivity contribution in [1.29, 1.82) is 0 Å². The summed E-state index contributed by atoms with van der Waals surface area (Å²) in [5, 5.41) is 2.24. The maximum Gasteiger partial charge on any atom is 0.176 e. The number of aromatic amines is 1. The van der Waals surface area contributed by atoms with Gasteiger partial charge in [-0.3, -0.25) is 0 Å². The third-order valence-electron chi connectivity index (χ3n) is 4.78. The van der Waals surface area contributed by atoms with E-state index in [-0.39, 0.29) is 30.9 Å². The van der Waals surface area contributed by atoms with Crippen LogP contribution in [0, 0.1) is 0 Å². The number of nitrogens with one attached hydrogen (secondary N) is 1. The molecular formula is C21H25Cl2N5. The van der Waals surface area contributed by atoms with E-state index in [4.69, 9.17) is 15.7 Å². The van der Waals surface area contributed by atoms with Crippen LogP contribution < -0.4 is 5.73 Å². The van der Waals surface area contributed by atoms with Crippen LogP contribution in [0.25, 0.3) is 33.3 Å². The number of hydrogen-bond acceptors (Lipinski definition) is 4. The standard InChI is InChI=1S/C21H23N5.2ClH/c1-26(2)19(11-12-22)20-15-8-4-6-10-17(15)24-21(25-20)18-13-14-7-3-5-9-16(14)23-18;;/h3-10,13,19,23H,11-12,22H2,1-2H3;2*1H. The minimum Gasteiger partial charge on any atom is -0.352 e. The van der Waals surface area contributed by atoms with E-state index in [1.165, 1.54) is 0 Å². The van der Waals surface area contributed by atoms with Gasteiger partial charge in [-0.15, -0.1) is 24.8 Å². The Hall–Kier alpha value is -2.18. The average molecular weight is 418 g/mol. The van der Waals surface area contributed by atoms with Crippen LogP contribution in [0.3, 0.4) is 0 Å². The molecule has 5 nitrogen and oxygen atoms in total. The van der Waals surface area contributed by atoms with Crippen molar-refractivity contribution in [3.8, 4) is 11.5 Å². The van der Waals surface area contributed by atoms with Crippen LogP contribution in [-0.4, -0.2) is 40.5 Å². The molecule has 4 aromatic rings. The van der Waals surface area contributed by atoms with E-state index in [2.05, 4.69) is 48.2 Å². The van der Waals surface area contributed by atoms with Gasteiger partial charge in [-0.1, -0.05) is 36.4 Å². The lowest BCUT2D eigenvalue weighted by molar-refractivity contribution is 0.283. The first-order chi connectivity index (χ1) is 12.7. The van der Waals surface area contributed by atoms with E-state index in [0.29, 0.717) is 6.54 Å². The zero-order valence-corrected chi connectivity index (χ0v) is 17.6. The summed E-state index contributed by atoms with van der Waals surface area (Å²) in [7, 11) is 4.14. The fourth-order valence-electron chi connectivity index (χ4n) is 3.47. The van der Waals surface area contributed by atoms with Crippen molar-refractivity contribution in [2.24, 2.45) is 5.73 Å². The van der Waals surface area contributed by atoms with Crippen LogP contribution in [0.5, 0.6) is 0 Å². The SMILES string of the molecule is CN(C)C(CCN)c1nc(-c2cc3ccccc3[nH]2)nc2ccccc12.Cl.Cl. The van der Waals surface area contributed by atoms with Gasteiger partial charge in [0.05, 0.1) is 22.9 Å². The first kappa shape index (κ1) is 22.1. The molecule has 0 spiro atoms. The molecule has 0 saturated heterocycles. The summed E-state index contributed by atoms with van der Waals surface area (Å²) >= 11 is 0. The van der Waals surface area contributed by atoms with Gasteiger partial charge in [0.2, 0.25) is 0 Å². The van der Waals surface area contributed by atoms with Gasteiger partial charge in [0, 0.05) is 16.3 Å². The van der Waals surface area contributed by atoms with Crippen molar-refractivity contribution in [2.75, 3.05) is 20.6 Å². The number of benzene rings is 2. The smallest absolute Gasteiger partial charge is 0.176 e. The van der Waals surface area contributed by atoms with Gasteiger partial charge in [0.15, 0.2) is 5.82 Å². The van der Waals surface area contributed by atoms with Gasteiger partial charge in [0.1, 0.15) is 0 Å². The van der Waals surface area contributed by atoms with Crippen molar-refractivity contribution in [1.82, 2.24) is 19.9 Å². The molecule has 2 heterocycles. The zero-order valence-electron chi connectivity index (χ0n) is 15.9. The minimum absolute atomic E-state index is 0. The first-order valence-electron chi connectivity index (χ1n) is 8.88. The molecule has 0 fully saturated rings. The summed E-state index contributed by atoms with van der Waals surface area (Å²) in [5.41, 5.74) is 9.88. The molecule has 3 N–H and O–H groups in total. The fourth-order valence-corrected chi connectivity index (χ4v) is 3.47. The Morgan fingerprint density at radius 3 is 2.43 bits per heavy atom. The molecule has 2 aromatic heterocycles. The van der Waals surface area contributed by atoms with Crippen molar-refractivity contribution < 1.29 is 0 Å². The van der Waals surface area contributed by atoms with Gasteiger partial charge >= 0.3 is 0 Å². The molecule has 0 bridgehead atoms. The van der Waals surface area contributed by atoms with Crippen molar-refractivity contribution in [2.45, 2.75) is 12.5 Å². The normalized spacial score (nSPS) is 12.0. The van der Waals surface area contributed by atoms with E-state index in [1.807, 2.05) is 30.3 Å². The quantitative estimate of drug-likeness (QED) is 0.498. The van der Waals surface area contributed by atoms with Gasteiger partial charge in [-0.25, -0.2) is 9.97 Å². The fraction of sp³-hybridized carbons (Fsp3) is 0.238. The maximum atomic E-state index is 5.87. The predicted octanol–water partition coefficient (Wildman–Crippen LogP) is 4.57. The minimum atomic E-state index is 0. The average Bonchev–Trinajstić information content (AvgIpc) is 3.09. The largest absolute Gasteiger partial charge is 0.352 e. The Labute approximate surface area is 177 Å². The summed E-state index contributed by atoms with van der Waals surface area (Å²) in [4.78, 5) is 15.4. The number of hydrogen-bond donors (Lipinski definition) is 2. The van der Waals surface area contributed by atoms with Gasteiger partial charge < -0.3 is 15.6 Å². The van der Waals surface area contributed by atoms with Crippen LogP contribution in [0.1, 0.15) is 18.2 Å². The number of rotatable bonds is 5. The topological polar surface area (TPSA) is 70.8 Å². The third kappa shape index (κ3) is 4.13. The Morgan fingerprint density at radius 1 is 1.00 bits per heavy atom. The molecule has 0 radical (unpaired) electrons. The molecule has 1 unspecified atom stereocenters. The number of nitrogens with zero attached hydrogens (tertiary/aromatic N) is 3. The summed E-state index contributed by atoms with van der Waals surface area (Å²) in [6.45, 7) is 0.614. The number of fused-ring (bicyclic) bond motifs is 2. The van der Waals surface area contributed by atoms with Crippen LogP contribution >= 0.6 is 24.8 Å². The molecule has 2 aromatic carbocycles. The molecule has 7 heteroatoms. The highest BCUT2D eigenvalue weighted by atomic mass is 35.5. The van der Waals surface area contributed by atoms with Crippen LogP contribution in [0.2, 0.25) is 0 Å². The van der Waals surface area contributed by atoms with E-state index in [9.17, 15) is 0 Å². The second-order valence-corrected chi connectivity index (χ2v) is 6.78. The number of H-pyrrole nitrogens is 1. The first-order valence-corrected chi connectivity index (χ1v) is 8.88. The highest BCUT2D eigenvalue weighted by Gasteiger charge is 2.20. The molecule has 1 atom stereocenters. The zero-order chi connectivity index (χ0) is 18.1. The monoisotopic (exact) mass is 417 g/mol. The van der Waals surface area contributed by atoms with E-state index in [0.717, 1.165) is 45.4 Å². The highest BCUT2D eigenvalue weighted by molar-refractivity contribution is 5.87. The van der Waals surface area contributed by atoms with Crippen LogP contribution in [0.4, 0.5) is 0 Å². The van der Waals surface area contributed by atoms with E-state index >= 15 is 0 Å². The van der Waals surface area contributed by atoms with Crippen molar-refractivity contribution >= 4 is 46.6 Å². The van der Waals surface area contributed by atoms with Crippen molar-refractivity contribution in [3.63, 3.8) is 0 Å². The van der Waals surface area contributed by atoms with E-state index in [1.54, 1.807) is 0 Å². The van der Waals surface area contributed by atoms with Crippen LogP contribution in [-0.2, 0) is 0 Å². The van der Waals surface area contributed by atoms with Gasteiger partial charge in [-0.2, -0.15) is 0 Å². The van der Waals surface area contributed by atoms with Crippen LogP contribution in [0.15, 0.2) is 54.6 Å². The third-order valence-corrected chi connectivity index (χ3v) is 4.78. The lowest BCUT2D eigenvalue weighted by Gasteiger charge is -2.24. The Kier molecular flexibility index (Phi) is 7.38. The summed E-state index contributed by atoms with van der Waals surface area (Å²) in [5.74, 6) is 0.721. The second-order valence-electron chi connectivity index (χ2n) is 6.78. The Balaban J connectivity index is 0.00000140. The summed E-state index contributed by atoms with van der Waals surface area (Å²) in [6.07, 6.45) is 0.847. The molecule has 0 saturated carbocycles. The molecule has 148 valence electrons. The summed E-state index contributed by atoms with van der Waals surface area (Å²) in [6, 6.07) is 18.7. The summed E-state index contributed by atoms with van der Waals surface area (Å²) < 4.78 is 0. The molecule has 0 aliphatic heterocycles. The molecule has 0 aliphatic rings. The molecule has 28 heavy (non-hydrogen) atoms. The lowest BCUT2D eigenvalue weighted by atomic mass is 10.0.